The number of rotatable bonds is 1. The average molecular weight is 325 g/mol. The van der Waals surface area contributed by atoms with Gasteiger partial charge in [-0.05, 0) is 18.2 Å². The standard InChI is InChI=1S/C13H9F6NO2/c1-6-2-10(21)20(11(6)22)9-4-7(12(14,15)16)3-8(5-9)13(17,18)19/h3-6H,2H2,1H3/t6-/m1/s1. The van der Waals surface area contributed by atoms with Crippen LogP contribution in [0, 0.1) is 5.92 Å². The number of hydrogen-bond donors (Lipinski definition) is 0. The van der Waals surface area contributed by atoms with Crippen molar-refractivity contribution in [3.63, 3.8) is 0 Å². The van der Waals surface area contributed by atoms with E-state index >= 15 is 0 Å². The highest BCUT2D eigenvalue weighted by molar-refractivity contribution is 6.20. The SMILES string of the molecule is C[C@@H]1CC(=O)N(c2cc(C(F)(F)F)cc(C(F)(F)F)c2)C1=O. The van der Waals surface area contributed by atoms with Crippen molar-refractivity contribution in [3.05, 3.63) is 29.3 Å². The second-order valence-corrected chi connectivity index (χ2v) is 4.94. The van der Waals surface area contributed by atoms with Gasteiger partial charge in [0.2, 0.25) is 11.8 Å². The lowest BCUT2D eigenvalue weighted by atomic mass is 10.1. The van der Waals surface area contributed by atoms with Crippen LogP contribution in [0.2, 0.25) is 0 Å². The number of alkyl halides is 6. The first kappa shape index (κ1) is 16.3. The van der Waals surface area contributed by atoms with E-state index in [4.69, 9.17) is 0 Å². The van der Waals surface area contributed by atoms with E-state index in [1.54, 1.807) is 0 Å². The van der Waals surface area contributed by atoms with Crippen molar-refractivity contribution in [2.45, 2.75) is 25.7 Å². The molecule has 2 rings (SSSR count). The first-order valence-electron chi connectivity index (χ1n) is 6.07. The largest absolute Gasteiger partial charge is 0.416 e. The molecule has 1 fully saturated rings. The summed E-state index contributed by atoms with van der Waals surface area (Å²) in [5.74, 6) is -2.43. The quantitative estimate of drug-likeness (QED) is 0.584. The Bertz CT molecular complexity index is 602. The smallest absolute Gasteiger partial charge is 0.274 e. The van der Waals surface area contributed by atoms with Gasteiger partial charge in [0.15, 0.2) is 0 Å². The van der Waals surface area contributed by atoms with E-state index in [1.807, 2.05) is 0 Å². The fraction of sp³-hybridized carbons (Fsp3) is 0.385. The van der Waals surface area contributed by atoms with Crippen LogP contribution in [0.1, 0.15) is 24.5 Å². The maximum atomic E-state index is 12.7. The molecule has 2 amide bonds. The van der Waals surface area contributed by atoms with E-state index in [-0.39, 0.29) is 12.5 Å². The van der Waals surface area contributed by atoms with Crippen molar-refractivity contribution in [1.82, 2.24) is 0 Å². The molecule has 3 nitrogen and oxygen atoms in total. The van der Waals surface area contributed by atoms with Gasteiger partial charge in [-0.15, -0.1) is 0 Å². The predicted octanol–water partition coefficient (Wildman–Crippen LogP) is 3.62. The molecule has 9 heteroatoms. The molecule has 0 bridgehead atoms. The van der Waals surface area contributed by atoms with Gasteiger partial charge in [-0.25, -0.2) is 0 Å². The highest BCUT2D eigenvalue weighted by Crippen LogP contribution is 2.39. The number of amides is 2. The Morgan fingerprint density at radius 3 is 1.73 bits per heavy atom. The summed E-state index contributed by atoms with van der Waals surface area (Å²) in [4.78, 5) is 23.8. The van der Waals surface area contributed by atoms with E-state index in [1.165, 1.54) is 6.92 Å². The second kappa shape index (κ2) is 4.99. The predicted molar refractivity (Wildman–Crippen MR) is 62.7 cm³/mol. The summed E-state index contributed by atoms with van der Waals surface area (Å²) in [6.45, 7) is 1.37. The van der Waals surface area contributed by atoms with Crippen LogP contribution in [0.15, 0.2) is 18.2 Å². The van der Waals surface area contributed by atoms with Crippen molar-refractivity contribution in [3.8, 4) is 0 Å². The molecule has 1 aliphatic heterocycles. The van der Waals surface area contributed by atoms with Gasteiger partial charge in [-0.3, -0.25) is 14.5 Å². The van der Waals surface area contributed by atoms with E-state index in [2.05, 4.69) is 0 Å². The summed E-state index contributed by atoms with van der Waals surface area (Å²) in [6.07, 6.45) is -10.3. The van der Waals surface area contributed by atoms with Crippen LogP contribution in [0.5, 0.6) is 0 Å². The van der Waals surface area contributed by atoms with Crippen molar-refractivity contribution in [2.75, 3.05) is 4.90 Å². The molecule has 1 aliphatic rings. The minimum Gasteiger partial charge on any atom is -0.274 e. The molecular weight excluding hydrogens is 316 g/mol. The highest BCUT2D eigenvalue weighted by atomic mass is 19.4. The third kappa shape index (κ3) is 2.93. The van der Waals surface area contributed by atoms with Crippen LogP contribution in [-0.2, 0) is 21.9 Å². The molecule has 1 heterocycles. The van der Waals surface area contributed by atoms with Gasteiger partial charge in [-0.2, -0.15) is 26.3 Å². The fourth-order valence-corrected chi connectivity index (χ4v) is 2.12. The van der Waals surface area contributed by atoms with Gasteiger partial charge in [0.1, 0.15) is 0 Å². The summed E-state index contributed by atoms with van der Waals surface area (Å²) in [7, 11) is 0. The summed E-state index contributed by atoms with van der Waals surface area (Å²) in [5.41, 5.74) is -3.86. The Morgan fingerprint density at radius 1 is 0.955 bits per heavy atom. The Hall–Kier alpha value is -2.06. The number of nitrogens with zero attached hydrogens (tertiary/aromatic N) is 1. The maximum Gasteiger partial charge on any atom is 0.416 e. The summed E-state index contributed by atoms with van der Waals surface area (Å²) in [6, 6.07) is 0.671. The van der Waals surface area contributed by atoms with E-state index < -0.39 is 46.9 Å². The molecule has 0 aromatic heterocycles. The lowest BCUT2D eigenvalue weighted by Crippen LogP contribution is -2.30. The number of imide groups is 1. The van der Waals surface area contributed by atoms with Crippen molar-refractivity contribution < 1.29 is 35.9 Å². The minimum atomic E-state index is -5.03. The summed E-state index contributed by atoms with van der Waals surface area (Å²) < 4.78 is 76.4. The van der Waals surface area contributed by atoms with Crippen LogP contribution in [0.3, 0.4) is 0 Å². The molecule has 1 atom stereocenters. The van der Waals surface area contributed by atoms with E-state index in [0.29, 0.717) is 17.0 Å². The Labute approximate surface area is 120 Å². The summed E-state index contributed by atoms with van der Waals surface area (Å²) in [5, 5.41) is 0. The third-order valence-corrected chi connectivity index (χ3v) is 3.20. The molecule has 1 aromatic carbocycles. The van der Waals surface area contributed by atoms with Crippen LogP contribution in [-0.4, -0.2) is 11.8 Å². The number of halogens is 6. The number of carbonyl (C=O) groups excluding carboxylic acids is 2. The Balaban J connectivity index is 2.61. The molecule has 120 valence electrons. The number of anilines is 1. The molecule has 1 saturated heterocycles. The molecule has 0 saturated carbocycles. The van der Waals surface area contributed by atoms with Gasteiger partial charge >= 0.3 is 12.4 Å². The monoisotopic (exact) mass is 325 g/mol. The van der Waals surface area contributed by atoms with Crippen LogP contribution >= 0.6 is 0 Å². The first-order valence-corrected chi connectivity index (χ1v) is 6.07. The molecule has 0 unspecified atom stereocenters. The highest BCUT2D eigenvalue weighted by Gasteiger charge is 2.41. The minimum absolute atomic E-state index is 0.0576. The Morgan fingerprint density at radius 2 is 1.41 bits per heavy atom. The molecule has 0 spiro atoms. The molecule has 22 heavy (non-hydrogen) atoms. The first-order chi connectivity index (χ1) is 9.91. The van der Waals surface area contributed by atoms with E-state index in [0.717, 1.165) is 0 Å². The van der Waals surface area contributed by atoms with E-state index in [9.17, 15) is 35.9 Å². The zero-order chi connectivity index (χ0) is 16.9. The molecule has 1 aromatic rings. The van der Waals surface area contributed by atoms with Crippen LogP contribution in [0.4, 0.5) is 32.0 Å². The number of hydrogen-bond acceptors (Lipinski definition) is 2. The lowest BCUT2D eigenvalue weighted by molar-refractivity contribution is -0.143. The van der Waals surface area contributed by atoms with Gasteiger partial charge in [0, 0.05) is 12.3 Å². The average Bonchev–Trinajstić information content (AvgIpc) is 2.60. The zero-order valence-corrected chi connectivity index (χ0v) is 11.0. The molecule has 0 aliphatic carbocycles. The van der Waals surface area contributed by atoms with Gasteiger partial charge in [0.05, 0.1) is 16.8 Å². The second-order valence-electron chi connectivity index (χ2n) is 4.94. The fourth-order valence-electron chi connectivity index (χ4n) is 2.12. The van der Waals surface area contributed by atoms with Crippen molar-refractivity contribution >= 4 is 17.5 Å². The summed E-state index contributed by atoms with van der Waals surface area (Å²) >= 11 is 0. The van der Waals surface area contributed by atoms with Gasteiger partial charge in [0.25, 0.3) is 0 Å². The number of carbonyl (C=O) groups is 2. The van der Waals surface area contributed by atoms with Crippen molar-refractivity contribution in [2.24, 2.45) is 5.92 Å². The molecule has 0 radical (unpaired) electrons. The zero-order valence-electron chi connectivity index (χ0n) is 11.0. The Kier molecular flexibility index (Phi) is 3.70. The van der Waals surface area contributed by atoms with Crippen LogP contribution in [0.25, 0.3) is 0 Å². The van der Waals surface area contributed by atoms with Crippen molar-refractivity contribution in [1.29, 1.82) is 0 Å². The number of benzene rings is 1. The maximum absolute atomic E-state index is 12.7. The topological polar surface area (TPSA) is 37.4 Å². The molecule has 0 N–H and O–H groups in total. The van der Waals surface area contributed by atoms with Crippen LogP contribution < -0.4 is 4.90 Å². The molecular formula is C13H9F6NO2. The van der Waals surface area contributed by atoms with Gasteiger partial charge in [-0.1, -0.05) is 6.92 Å². The normalized spacial score (nSPS) is 20.0. The lowest BCUT2D eigenvalue weighted by Gasteiger charge is -2.19. The van der Waals surface area contributed by atoms with Gasteiger partial charge < -0.3 is 0 Å². The third-order valence-electron chi connectivity index (χ3n) is 3.20.